The number of alkyl halides is 3. The fourth-order valence-electron chi connectivity index (χ4n) is 2.42. The summed E-state index contributed by atoms with van der Waals surface area (Å²) in [5.41, 5.74) is -0.405. The number of aryl methyl sites for hydroxylation is 1. The molecule has 0 saturated carbocycles. The molecule has 9 heteroatoms. The largest absolute Gasteiger partial charge is 0.467 e. The third-order valence-electron chi connectivity index (χ3n) is 3.58. The number of aromatic nitrogens is 2. The first kappa shape index (κ1) is 18.9. The molecule has 0 aliphatic carbocycles. The average Bonchev–Trinajstić information content (AvgIpc) is 2.60. The molecule has 5 nitrogen and oxygen atoms in total. The third kappa shape index (κ3) is 4.46. The molecule has 27 heavy (non-hydrogen) atoms. The number of hydrogen-bond donors (Lipinski definition) is 1. The Bertz CT molecular complexity index is 1010. The lowest BCUT2D eigenvalue weighted by Gasteiger charge is -2.12. The summed E-state index contributed by atoms with van der Waals surface area (Å²) in [6.45, 7) is 1.26. The van der Waals surface area contributed by atoms with Gasteiger partial charge in [0, 0.05) is 5.69 Å². The Morgan fingerprint density at radius 3 is 2.67 bits per heavy atom. The summed E-state index contributed by atoms with van der Waals surface area (Å²) in [6.07, 6.45) is -4.62. The van der Waals surface area contributed by atoms with Crippen LogP contribution in [0.1, 0.15) is 11.4 Å². The highest BCUT2D eigenvalue weighted by Crippen LogP contribution is 2.36. The van der Waals surface area contributed by atoms with E-state index in [4.69, 9.17) is 16.3 Å². The van der Waals surface area contributed by atoms with Crippen LogP contribution in [0.3, 0.4) is 0 Å². The summed E-state index contributed by atoms with van der Waals surface area (Å²) in [4.78, 5) is 20.5. The Balaban J connectivity index is 1.73. The number of nitrogens with one attached hydrogen (secondary N) is 1. The van der Waals surface area contributed by atoms with Crippen LogP contribution < -0.4 is 10.1 Å². The molecule has 3 aromatic rings. The van der Waals surface area contributed by atoms with Crippen molar-refractivity contribution >= 4 is 34.1 Å². The zero-order valence-electron chi connectivity index (χ0n) is 14.0. The molecule has 0 fully saturated rings. The SMILES string of the molecule is Cc1nc(OCC(=O)Nc2ccc(Cl)c(C(F)(F)F)c2)c2ccccc2n1. The number of hydrogen-bond acceptors (Lipinski definition) is 4. The van der Waals surface area contributed by atoms with E-state index in [9.17, 15) is 18.0 Å². The minimum atomic E-state index is -4.62. The standard InChI is InChI=1S/C18H13ClF3N3O2/c1-10-23-15-5-3-2-4-12(15)17(24-10)27-9-16(26)25-11-6-7-14(19)13(8-11)18(20,21)22/h2-8H,9H2,1H3,(H,25,26). The second-order valence-electron chi connectivity index (χ2n) is 5.62. The predicted molar refractivity (Wildman–Crippen MR) is 94.9 cm³/mol. The molecule has 0 aliphatic heterocycles. The van der Waals surface area contributed by atoms with Gasteiger partial charge in [-0.25, -0.2) is 4.98 Å². The van der Waals surface area contributed by atoms with Crippen molar-refractivity contribution in [3.63, 3.8) is 0 Å². The van der Waals surface area contributed by atoms with Gasteiger partial charge >= 0.3 is 6.18 Å². The van der Waals surface area contributed by atoms with Crippen LogP contribution in [0.25, 0.3) is 10.9 Å². The molecule has 3 rings (SSSR count). The lowest BCUT2D eigenvalue weighted by Crippen LogP contribution is -2.21. The number of fused-ring (bicyclic) bond motifs is 1. The second kappa shape index (κ2) is 7.40. The summed E-state index contributed by atoms with van der Waals surface area (Å²) >= 11 is 5.56. The van der Waals surface area contributed by atoms with Crippen LogP contribution >= 0.6 is 11.6 Å². The van der Waals surface area contributed by atoms with Crippen molar-refractivity contribution in [1.82, 2.24) is 9.97 Å². The van der Waals surface area contributed by atoms with E-state index in [0.29, 0.717) is 16.7 Å². The number of rotatable bonds is 4. The van der Waals surface area contributed by atoms with Gasteiger partial charge in [0.25, 0.3) is 5.91 Å². The highest BCUT2D eigenvalue weighted by molar-refractivity contribution is 6.31. The summed E-state index contributed by atoms with van der Waals surface area (Å²) in [5, 5.41) is 2.53. The monoisotopic (exact) mass is 395 g/mol. The second-order valence-corrected chi connectivity index (χ2v) is 6.03. The Hall–Kier alpha value is -2.87. The number of ether oxygens (including phenoxy) is 1. The zero-order valence-corrected chi connectivity index (χ0v) is 14.7. The van der Waals surface area contributed by atoms with Crippen molar-refractivity contribution in [3.05, 3.63) is 58.9 Å². The van der Waals surface area contributed by atoms with E-state index in [1.54, 1.807) is 25.1 Å². The Kier molecular flexibility index (Phi) is 5.18. The van der Waals surface area contributed by atoms with Gasteiger partial charge in [0.05, 0.1) is 21.5 Å². The first-order chi connectivity index (χ1) is 12.7. The topological polar surface area (TPSA) is 64.1 Å². The average molecular weight is 396 g/mol. The molecule has 0 spiro atoms. The number of nitrogens with zero attached hydrogens (tertiary/aromatic N) is 2. The van der Waals surface area contributed by atoms with Gasteiger partial charge in [0.15, 0.2) is 6.61 Å². The third-order valence-corrected chi connectivity index (χ3v) is 3.91. The molecule has 140 valence electrons. The minimum absolute atomic E-state index is 0.0379. The van der Waals surface area contributed by atoms with Crippen molar-refractivity contribution < 1.29 is 22.7 Å². The Labute approximate surface area is 157 Å². The maximum Gasteiger partial charge on any atom is 0.417 e. The van der Waals surface area contributed by atoms with Gasteiger partial charge < -0.3 is 10.1 Å². The number of para-hydroxylation sites is 1. The maximum absolute atomic E-state index is 12.9. The van der Waals surface area contributed by atoms with Crippen LogP contribution in [0, 0.1) is 6.92 Å². The Morgan fingerprint density at radius 2 is 1.93 bits per heavy atom. The molecule has 1 N–H and O–H groups in total. The van der Waals surface area contributed by atoms with E-state index in [1.165, 1.54) is 6.07 Å². The summed E-state index contributed by atoms with van der Waals surface area (Å²) in [6, 6.07) is 10.2. The quantitative estimate of drug-likeness (QED) is 0.699. The first-order valence-electron chi connectivity index (χ1n) is 7.77. The van der Waals surface area contributed by atoms with Gasteiger partial charge in [0.1, 0.15) is 5.82 Å². The molecule has 1 aromatic heterocycles. The molecule has 1 amide bonds. The van der Waals surface area contributed by atoms with Crippen molar-refractivity contribution in [2.24, 2.45) is 0 Å². The highest BCUT2D eigenvalue weighted by atomic mass is 35.5. The lowest BCUT2D eigenvalue weighted by molar-refractivity contribution is -0.137. The zero-order chi connectivity index (χ0) is 19.6. The fraction of sp³-hybridized carbons (Fsp3) is 0.167. The van der Waals surface area contributed by atoms with Gasteiger partial charge in [-0.2, -0.15) is 18.2 Å². The normalized spacial score (nSPS) is 11.4. The smallest absolute Gasteiger partial charge is 0.417 e. The molecular weight excluding hydrogens is 383 g/mol. The molecular formula is C18H13ClF3N3O2. The lowest BCUT2D eigenvalue weighted by atomic mass is 10.2. The van der Waals surface area contributed by atoms with Gasteiger partial charge in [-0.05, 0) is 37.3 Å². The fourth-order valence-corrected chi connectivity index (χ4v) is 2.64. The van der Waals surface area contributed by atoms with Gasteiger partial charge in [-0.15, -0.1) is 0 Å². The van der Waals surface area contributed by atoms with Crippen LogP contribution in [0.2, 0.25) is 5.02 Å². The van der Waals surface area contributed by atoms with Gasteiger partial charge in [-0.3, -0.25) is 4.79 Å². The van der Waals surface area contributed by atoms with E-state index in [1.807, 2.05) is 6.07 Å². The highest BCUT2D eigenvalue weighted by Gasteiger charge is 2.33. The van der Waals surface area contributed by atoms with Crippen LogP contribution in [-0.4, -0.2) is 22.5 Å². The minimum Gasteiger partial charge on any atom is -0.467 e. The summed E-state index contributed by atoms with van der Waals surface area (Å²) in [7, 11) is 0. The molecule has 0 unspecified atom stereocenters. The van der Waals surface area contributed by atoms with E-state index < -0.39 is 29.3 Å². The summed E-state index contributed by atoms with van der Waals surface area (Å²) in [5.74, 6) is 0.0581. The van der Waals surface area contributed by atoms with Crippen LogP contribution in [0.15, 0.2) is 42.5 Å². The molecule has 1 heterocycles. The van der Waals surface area contributed by atoms with Crippen molar-refractivity contribution in [2.45, 2.75) is 13.1 Å². The number of amides is 1. The molecule has 0 aliphatic rings. The number of benzene rings is 2. The first-order valence-corrected chi connectivity index (χ1v) is 8.14. The number of carbonyl (C=O) groups is 1. The molecule has 2 aromatic carbocycles. The number of carbonyl (C=O) groups excluding carboxylic acids is 1. The molecule has 0 radical (unpaired) electrons. The maximum atomic E-state index is 12.9. The van der Waals surface area contributed by atoms with Crippen LogP contribution in [0.4, 0.5) is 18.9 Å². The van der Waals surface area contributed by atoms with Crippen molar-refractivity contribution in [2.75, 3.05) is 11.9 Å². The van der Waals surface area contributed by atoms with Gasteiger partial charge in [-0.1, -0.05) is 23.7 Å². The number of halogens is 4. The van der Waals surface area contributed by atoms with E-state index in [0.717, 1.165) is 12.1 Å². The van der Waals surface area contributed by atoms with Gasteiger partial charge in [0.2, 0.25) is 5.88 Å². The molecule has 0 bridgehead atoms. The Morgan fingerprint density at radius 1 is 1.19 bits per heavy atom. The van der Waals surface area contributed by atoms with E-state index >= 15 is 0 Å². The van der Waals surface area contributed by atoms with Crippen LogP contribution in [0.5, 0.6) is 5.88 Å². The molecule has 0 atom stereocenters. The van der Waals surface area contributed by atoms with E-state index in [2.05, 4.69) is 15.3 Å². The van der Waals surface area contributed by atoms with Crippen molar-refractivity contribution in [3.8, 4) is 5.88 Å². The predicted octanol–water partition coefficient (Wildman–Crippen LogP) is 4.63. The van der Waals surface area contributed by atoms with Crippen LogP contribution in [-0.2, 0) is 11.0 Å². The molecule has 0 saturated heterocycles. The summed E-state index contributed by atoms with van der Waals surface area (Å²) < 4.78 is 44.1. The van der Waals surface area contributed by atoms with Crippen molar-refractivity contribution in [1.29, 1.82) is 0 Å². The number of anilines is 1. The van der Waals surface area contributed by atoms with E-state index in [-0.39, 0.29) is 11.6 Å².